The Balaban J connectivity index is 1.63. The minimum atomic E-state index is -0.138. The number of amidine groups is 1. The SMILES string of the molecule is CCNc1ccc(C#N)cc1N=C1S/C(=C2\Sc3ccc(OC)cc3N2C)C(=O)N1c1ccccc1. The molecule has 0 unspecified atom stereocenters. The summed E-state index contributed by atoms with van der Waals surface area (Å²) in [5.74, 6) is 0.625. The van der Waals surface area contributed by atoms with Gasteiger partial charge in [-0.2, -0.15) is 5.26 Å². The van der Waals surface area contributed by atoms with Crippen molar-refractivity contribution in [2.75, 3.05) is 35.8 Å². The summed E-state index contributed by atoms with van der Waals surface area (Å²) in [5.41, 5.74) is 3.64. The van der Waals surface area contributed by atoms with E-state index in [0.717, 1.165) is 32.7 Å². The molecule has 180 valence electrons. The van der Waals surface area contributed by atoms with Gasteiger partial charge in [0.1, 0.15) is 10.7 Å². The third-order valence-electron chi connectivity index (χ3n) is 5.74. The number of carbonyl (C=O) groups excluding carboxylic acids is 1. The number of benzene rings is 3. The number of para-hydroxylation sites is 1. The van der Waals surface area contributed by atoms with Crippen molar-refractivity contribution in [1.82, 2.24) is 0 Å². The molecular formula is C27H23N5O2S2. The standard InChI is InChI=1S/C27H23N5O2S2/c1-4-29-20-12-10-17(16-28)14-21(20)30-27-32(18-8-6-5-7-9-18)25(33)24(36-27)26-31(2)22-15-19(34-3)11-13-23(22)35-26/h5-15,29H,4H2,1-3H3/b26-24-,30-27?. The summed E-state index contributed by atoms with van der Waals surface area (Å²) in [5, 5.41) is 14.1. The molecule has 3 aromatic carbocycles. The van der Waals surface area contributed by atoms with Gasteiger partial charge in [-0.05, 0) is 61.2 Å². The van der Waals surface area contributed by atoms with Crippen LogP contribution in [0.2, 0.25) is 0 Å². The predicted molar refractivity (Wildman–Crippen MR) is 148 cm³/mol. The fourth-order valence-electron chi connectivity index (χ4n) is 3.97. The number of nitrogens with zero attached hydrogens (tertiary/aromatic N) is 4. The highest BCUT2D eigenvalue weighted by atomic mass is 32.2. The molecule has 2 aliphatic rings. The zero-order valence-corrected chi connectivity index (χ0v) is 21.6. The Labute approximate surface area is 218 Å². The van der Waals surface area contributed by atoms with E-state index in [-0.39, 0.29) is 5.91 Å². The minimum Gasteiger partial charge on any atom is -0.497 e. The quantitative estimate of drug-likeness (QED) is 0.408. The predicted octanol–water partition coefficient (Wildman–Crippen LogP) is 6.18. The lowest BCUT2D eigenvalue weighted by molar-refractivity contribution is -0.113. The first-order valence-electron chi connectivity index (χ1n) is 11.3. The number of fused-ring (bicyclic) bond motifs is 1. The van der Waals surface area contributed by atoms with E-state index in [1.807, 2.05) is 73.5 Å². The van der Waals surface area contributed by atoms with Crippen molar-refractivity contribution in [2.45, 2.75) is 11.8 Å². The van der Waals surface area contributed by atoms with Gasteiger partial charge in [-0.1, -0.05) is 30.0 Å². The molecule has 1 amide bonds. The van der Waals surface area contributed by atoms with E-state index in [0.29, 0.717) is 27.9 Å². The molecule has 1 fully saturated rings. The third-order valence-corrected chi connectivity index (χ3v) is 8.13. The lowest BCUT2D eigenvalue weighted by Gasteiger charge is -2.17. The molecule has 0 atom stereocenters. The van der Waals surface area contributed by atoms with Crippen LogP contribution in [0.1, 0.15) is 12.5 Å². The minimum absolute atomic E-state index is 0.138. The second kappa shape index (κ2) is 10.0. The number of hydrogen-bond acceptors (Lipinski definition) is 8. The maximum atomic E-state index is 13.9. The highest BCUT2D eigenvalue weighted by molar-refractivity contribution is 8.20. The molecule has 9 heteroatoms. The van der Waals surface area contributed by atoms with Gasteiger partial charge in [0, 0.05) is 24.6 Å². The van der Waals surface area contributed by atoms with Crippen molar-refractivity contribution in [3.05, 3.63) is 82.2 Å². The third kappa shape index (κ3) is 4.30. The second-order valence-corrected chi connectivity index (χ2v) is 9.98. The number of amides is 1. The molecule has 0 saturated carbocycles. The summed E-state index contributed by atoms with van der Waals surface area (Å²) in [4.78, 5) is 24.1. The normalized spacial score (nSPS) is 17.9. The lowest BCUT2D eigenvalue weighted by Crippen LogP contribution is -2.29. The van der Waals surface area contributed by atoms with E-state index in [2.05, 4.69) is 11.4 Å². The van der Waals surface area contributed by atoms with Gasteiger partial charge in [-0.15, -0.1) is 0 Å². The van der Waals surface area contributed by atoms with Crippen molar-refractivity contribution in [3.8, 4) is 11.8 Å². The van der Waals surface area contributed by atoms with Gasteiger partial charge in [0.05, 0.1) is 46.5 Å². The highest BCUT2D eigenvalue weighted by Gasteiger charge is 2.40. The molecule has 1 saturated heterocycles. The fourth-order valence-corrected chi connectivity index (χ4v) is 6.29. The molecule has 0 aromatic heterocycles. The average molecular weight is 514 g/mol. The van der Waals surface area contributed by atoms with Gasteiger partial charge in [0.15, 0.2) is 5.17 Å². The summed E-state index contributed by atoms with van der Waals surface area (Å²) >= 11 is 2.90. The summed E-state index contributed by atoms with van der Waals surface area (Å²) in [6.07, 6.45) is 0. The number of hydrogen-bond donors (Lipinski definition) is 1. The van der Waals surface area contributed by atoms with Crippen molar-refractivity contribution in [3.63, 3.8) is 0 Å². The number of nitrogens with one attached hydrogen (secondary N) is 1. The van der Waals surface area contributed by atoms with Crippen LogP contribution in [0.15, 0.2) is 86.6 Å². The van der Waals surface area contributed by atoms with E-state index in [4.69, 9.17) is 9.73 Å². The first kappa shape index (κ1) is 23.9. The Morgan fingerprint density at radius 2 is 1.89 bits per heavy atom. The van der Waals surface area contributed by atoms with Crippen LogP contribution in [-0.4, -0.2) is 31.8 Å². The van der Waals surface area contributed by atoms with Crippen LogP contribution in [0, 0.1) is 11.3 Å². The smallest absolute Gasteiger partial charge is 0.274 e. The summed E-state index contributed by atoms with van der Waals surface area (Å²) in [7, 11) is 3.60. The number of thioether (sulfide) groups is 2. The molecule has 2 heterocycles. The lowest BCUT2D eigenvalue weighted by atomic mass is 10.2. The van der Waals surface area contributed by atoms with Crippen molar-refractivity contribution in [1.29, 1.82) is 5.26 Å². The number of aliphatic imine (C=N–C) groups is 1. The van der Waals surface area contributed by atoms with Gasteiger partial charge in [0.25, 0.3) is 5.91 Å². The first-order chi connectivity index (χ1) is 17.5. The van der Waals surface area contributed by atoms with Gasteiger partial charge < -0.3 is 15.0 Å². The monoisotopic (exact) mass is 513 g/mol. The molecule has 0 bridgehead atoms. The Morgan fingerprint density at radius 3 is 2.61 bits per heavy atom. The van der Waals surface area contributed by atoms with Crippen LogP contribution < -0.4 is 19.9 Å². The number of carbonyl (C=O) groups is 1. The van der Waals surface area contributed by atoms with Crippen molar-refractivity contribution < 1.29 is 9.53 Å². The Hall–Kier alpha value is -3.87. The van der Waals surface area contributed by atoms with E-state index < -0.39 is 0 Å². The van der Waals surface area contributed by atoms with Gasteiger partial charge in [-0.3, -0.25) is 9.69 Å². The maximum absolute atomic E-state index is 13.9. The van der Waals surface area contributed by atoms with Crippen LogP contribution in [0.25, 0.3) is 0 Å². The van der Waals surface area contributed by atoms with Crippen LogP contribution in [0.5, 0.6) is 5.75 Å². The molecule has 5 rings (SSSR count). The number of methoxy groups -OCH3 is 1. The van der Waals surface area contributed by atoms with Gasteiger partial charge >= 0.3 is 0 Å². The van der Waals surface area contributed by atoms with E-state index in [1.54, 1.807) is 35.9 Å². The number of nitriles is 1. The summed E-state index contributed by atoms with van der Waals surface area (Å²) in [6, 6.07) is 22.9. The number of ether oxygens (including phenoxy) is 1. The molecule has 36 heavy (non-hydrogen) atoms. The molecule has 0 spiro atoms. The molecule has 1 N–H and O–H groups in total. The van der Waals surface area contributed by atoms with E-state index in [9.17, 15) is 10.1 Å². The van der Waals surface area contributed by atoms with Crippen LogP contribution in [-0.2, 0) is 4.79 Å². The maximum Gasteiger partial charge on any atom is 0.274 e. The van der Waals surface area contributed by atoms with Crippen LogP contribution >= 0.6 is 23.5 Å². The summed E-state index contributed by atoms with van der Waals surface area (Å²) < 4.78 is 5.40. The first-order valence-corrected chi connectivity index (χ1v) is 12.9. The Morgan fingerprint density at radius 1 is 1.08 bits per heavy atom. The topological polar surface area (TPSA) is 81.0 Å². The Kier molecular flexibility index (Phi) is 6.63. The molecular weight excluding hydrogens is 490 g/mol. The Bertz CT molecular complexity index is 1450. The zero-order chi connectivity index (χ0) is 25.2. The fraction of sp³-hybridized carbons (Fsp3) is 0.148. The van der Waals surface area contributed by atoms with Crippen molar-refractivity contribution in [2.24, 2.45) is 4.99 Å². The molecule has 2 aliphatic heterocycles. The van der Waals surface area contributed by atoms with Gasteiger partial charge in [-0.25, -0.2) is 4.99 Å². The number of rotatable bonds is 5. The molecule has 0 aliphatic carbocycles. The zero-order valence-electron chi connectivity index (χ0n) is 20.0. The average Bonchev–Trinajstić information content (AvgIpc) is 3.40. The number of anilines is 3. The van der Waals surface area contributed by atoms with Crippen LogP contribution in [0.3, 0.4) is 0 Å². The van der Waals surface area contributed by atoms with Crippen LogP contribution in [0.4, 0.5) is 22.7 Å². The largest absolute Gasteiger partial charge is 0.497 e. The molecule has 3 aromatic rings. The molecule has 0 radical (unpaired) electrons. The summed E-state index contributed by atoms with van der Waals surface area (Å²) in [6.45, 7) is 2.71. The van der Waals surface area contributed by atoms with E-state index >= 15 is 0 Å². The van der Waals surface area contributed by atoms with E-state index in [1.165, 1.54) is 11.8 Å². The van der Waals surface area contributed by atoms with Gasteiger partial charge in [0.2, 0.25) is 0 Å². The molecule has 7 nitrogen and oxygen atoms in total. The van der Waals surface area contributed by atoms with Crippen molar-refractivity contribution >= 4 is 57.3 Å². The highest BCUT2D eigenvalue weighted by Crippen LogP contribution is 2.51. The second-order valence-electron chi connectivity index (χ2n) is 7.98.